The summed E-state index contributed by atoms with van der Waals surface area (Å²) >= 11 is 0. The Morgan fingerprint density at radius 2 is 1.84 bits per heavy atom. The molecule has 106 valence electrons. The molecule has 19 heavy (non-hydrogen) atoms. The Labute approximate surface area is 115 Å². The molecule has 0 radical (unpaired) electrons. The van der Waals surface area contributed by atoms with Gasteiger partial charge in [-0.05, 0) is 25.7 Å². The van der Waals surface area contributed by atoms with Crippen molar-refractivity contribution in [3.05, 3.63) is 11.4 Å². The molecule has 5 nitrogen and oxygen atoms in total. The first-order valence-electron chi connectivity index (χ1n) is 7.01. The highest BCUT2D eigenvalue weighted by atomic mass is 15.3. The maximum Gasteiger partial charge on any atom is 0.148 e. The van der Waals surface area contributed by atoms with Crippen molar-refractivity contribution in [1.82, 2.24) is 9.97 Å². The summed E-state index contributed by atoms with van der Waals surface area (Å²) < 4.78 is 0. The molecule has 1 saturated carbocycles. The second-order valence-electron chi connectivity index (χ2n) is 6.44. The molecule has 1 aliphatic carbocycles. The molecule has 4 N–H and O–H groups in total. The first-order chi connectivity index (χ1) is 8.91. The summed E-state index contributed by atoms with van der Waals surface area (Å²) in [5.74, 6) is 8.77. The van der Waals surface area contributed by atoms with Gasteiger partial charge < -0.3 is 10.7 Å². The minimum absolute atomic E-state index is 0.0911. The summed E-state index contributed by atoms with van der Waals surface area (Å²) in [6.07, 6.45) is 4.01. The van der Waals surface area contributed by atoms with Gasteiger partial charge in [0.2, 0.25) is 0 Å². The third kappa shape index (κ3) is 3.15. The standard InChI is InChI=1S/C14H25N5/c1-9-11(16-8-10-6-5-7-10)17-13(14(2,3)4)18-12(9)19-15/h10H,5-8,15H2,1-4H3,(H2,16,17,18,19). The number of hydrazine groups is 1. The average molecular weight is 263 g/mol. The molecule has 0 aromatic carbocycles. The first kappa shape index (κ1) is 14.1. The van der Waals surface area contributed by atoms with Gasteiger partial charge in [0.25, 0.3) is 0 Å². The van der Waals surface area contributed by atoms with Crippen LogP contribution in [0.1, 0.15) is 51.4 Å². The number of hydrogen-bond donors (Lipinski definition) is 3. The van der Waals surface area contributed by atoms with Crippen molar-refractivity contribution in [1.29, 1.82) is 0 Å². The number of nitrogens with two attached hydrogens (primary N) is 1. The van der Waals surface area contributed by atoms with Crippen LogP contribution in [-0.2, 0) is 5.41 Å². The predicted molar refractivity (Wildman–Crippen MR) is 79.1 cm³/mol. The largest absolute Gasteiger partial charge is 0.369 e. The Balaban J connectivity index is 2.23. The van der Waals surface area contributed by atoms with Crippen LogP contribution in [0.3, 0.4) is 0 Å². The van der Waals surface area contributed by atoms with Crippen molar-refractivity contribution >= 4 is 11.6 Å². The van der Waals surface area contributed by atoms with Gasteiger partial charge in [-0.25, -0.2) is 15.8 Å². The summed E-state index contributed by atoms with van der Waals surface area (Å²) in [7, 11) is 0. The number of hydrogen-bond acceptors (Lipinski definition) is 5. The highest BCUT2D eigenvalue weighted by Crippen LogP contribution is 2.29. The number of aromatic nitrogens is 2. The molecule has 5 heteroatoms. The lowest BCUT2D eigenvalue weighted by atomic mass is 9.85. The van der Waals surface area contributed by atoms with Crippen molar-refractivity contribution in [3.8, 4) is 0 Å². The van der Waals surface area contributed by atoms with Gasteiger partial charge in [-0.3, -0.25) is 0 Å². The summed E-state index contributed by atoms with van der Waals surface area (Å²) in [5, 5.41) is 3.46. The fourth-order valence-corrected chi connectivity index (χ4v) is 2.10. The lowest BCUT2D eigenvalue weighted by Gasteiger charge is -2.27. The highest BCUT2D eigenvalue weighted by Gasteiger charge is 2.22. The van der Waals surface area contributed by atoms with E-state index in [1.54, 1.807) is 0 Å². The Kier molecular flexibility index (Phi) is 3.94. The van der Waals surface area contributed by atoms with E-state index in [0.717, 1.165) is 29.7 Å². The molecule has 0 aliphatic heterocycles. The molecule has 1 heterocycles. The second-order valence-corrected chi connectivity index (χ2v) is 6.44. The summed E-state index contributed by atoms with van der Waals surface area (Å²) in [5.41, 5.74) is 3.56. The summed E-state index contributed by atoms with van der Waals surface area (Å²) in [4.78, 5) is 9.16. The Hall–Kier alpha value is -1.36. The molecule has 1 aliphatic rings. The molecule has 0 spiro atoms. The van der Waals surface area contributed by atoms with Gasteiger partial charge in [0.15, 0.2) is 0 Å². The fraction of sp³-hybridized carbons (Fsp3) is 0.714. The number of nitrogen functional groups attached to an aromatic ring is 1. The van der Waals surface area contributed by atoms with E-state index in [1.165, 1.54) is 19.3 Å². The highest BCUT2D eigenvalue weighted by molar-refractivity contribution is 5.57. The minimum atomic E-state index is -0.0911. The van der Waals surface area contributed by atoms with Crippen LogP contribution in [0.25, 0.3) is 0 Å². The fourth-order valence-electron chi connectivity index (χ4n) is 2.10. The molecular formula is C14H25N5. The zero-order valence-electron chi connectivity index (χ0n) is 12.4. The second kappa shape index (κ2) is 5.33. The van der Waals surface area contributed by atoms with E-state index >= 15 is 0 Å². The van der Waals surface area contributed by atoms with E-state index in [4.69, 9.17) is 5.84 Å². The van der Waals surface area contributed by atoms with E-state index in [1.807, 2.05) is 6.92 Å². The van der Waals surface area contributed by atoms with E-state index in [-0.39, 0.29) is 5.41 Å². The molecule has 1 aromatic rings. The molecule has 0 saturated heterocycles. The lowest BCUT2D eigenvalue weighted by molar-refractivity contribution is 0.333. The number of anilines is 2. The van der Waals surface area contributed by atoms with Crippen LogP contribution in [0.4, 0.5) is 11.6 Å². The van der Waals surface area contributed by atoms with E-state index in [0.29, 0.717) is 5.82 Å². The van der Waals surface area contributed by atoms with Crippen LogP contribution in [-0.4, -0.2) is 16.5 Å². The number of nitrogens with zero attached hydrogens (tertiary/aromatic N) is 2. The normalized spacial score (nSPS) is 16.1. The molecule has 1 aromatic heterocycles. The lowest BCUT2D eigenvalue weighted by Crippen LogP contribution is -2.24. The van der Waals surface area contributed by atoms with E-state index in [9.17, 15) is 0 Å². The minimum Gasteiger partial charge on any atom is -0.369 e. The van der Waals surface area contributed by atoms with Crippen LogP contribution >= 0.6 is 0 Å². The maximum atomic E-state index is 5.56. The zero-order chi connectivity index (χ0) is 14.0. The first-order valence-corrected chi connectivity index (χ1v) is 7.01. The molecule has 0 atom stereocenters. The SMILES string of the molecule is Cc1c(NN)nc(C(C)(C)C)nc1NCC1CCC1. The van der Waals surface area contributed by atoms with Crippen molar-refractivity contribution in [2.45, 2.75) is 52.4 Å². The van der Waals surface area contributed by atoms with E-state index in [2.05, 4.69) is 41.5 Å². The van der Waals surface area contributed by atoms with Gasteiger partial charge in [-0.1, -0.05) is 27.2 Å². The van der Waals surface area contributed by atoms with Gasteiger partial charge in [0, 0.05) is 17.5 Å². The number of nitrogens with one attached hydrogen (secondary N) is 2. The van der Waals surface area contributed by atoms with Crippen molar-refractivity contribution in [2.75, 3.05) is 17.3 Å². The smallest absolute Gasteiger partial charge is 0.148 e. The Bertz CT molecular complexity index is 446. The Morgan fingerprint density at radius 3 is 2.32 bits per heavy atom. The molecule has 1 fully saturated rings. The van der Waals surface area contributed by atoms with Gasteiger partial charge in [-0.15, -0.1) is 0 Å². The van der Waals surface area contributed by atoms with Crippen LogP contribution < -0.4 is 16.6 Å². The third-order valence-corrected chi connectivity index (χ3v) is 3.74. The molecular weight excluding hydrogens is 238 g/mol. The van der Waals surface area contributed by atoms with Crippen molar-refractivity contribution in [3.63, 3.8) is 0 Å². The number of rotatable bonds is 4. The van der Waals surface area contributed by atoms with Crippen LogP contribution in [0.2, 0.25) is 0 Å². The van der Waals surface area contributed by atoms with Gasteiger partial charge in [-0.2, -0.15) is 0 Å². The maximum absolute atomic E-state index is 5.56. The predicted octanol–water partition coefficient (Wildman–Crippen LogP) is 2.58. The van der Waals surface area contributed by atoms with Gasteiger partial charge in [0.1, 0.15) is 17.5 Å². The van der Waals surface area contributed by atoms with Crippen LogP contribution in [0.15, 0.2) is 0 Å². The van der Waals surface area contributed by atoms with Gasteiger partial charge in [0.05, 0.1) is 0 Å². The molecule has 0 amide bonds. The molecule has 2 rings (SSSR count). The van der Waals surface area contributed by atoms with Crippen molar-refractivity contribution in [2.24, 2.45) is 11.8 Å². The quantitative estimate of drug-likeness (QED) is 0.575. The van der Waals surface area contributed by atoms with Crippen LogP contribution in [0.5, 0.6) is 0 Å². The molecule has 0 bridgehead atoms. The molecule has 0 unspecified atom stereocenters. The summed E-state index contributed by atoms with van der Waals surface area (Å²) in [6, 6.07) is 0. The Morgan fingerprint density at radius 1 is 1.21 bits per heavy atom. The van der Waals surface area contributed by atoms with Crippen LogP contribution in [0, 0.1) is 12.8 Å². The van der Waals surface area contributed by atoms with Crippen molar-refractivity contribution < 1.29 is 0 Å². The third-order valence-electron chi connectivity index (χ3n) is 3.74. The summed E-state index contributed by atoms with van der Waals surface area (Å²) in [6.45, 7) is 9.30. The average Bonchev–Trinajstić information content (AvgIpc) is 2.27. The zero-order valence-corrected chi connectivity index (χ0v) is 12.4. The monoisotopic (exact) mass is 263 g/mol. The van der Waals surface area contributed by atoms with Gasteiger partial charge >= 0.3 is 0 Å². The topological polar surface area (TPSA) is 75.9 Å². The van der Waals surface area contributed by atoms with E-state index < -0.39 is 0 Å².